The van der Waals surface area contributed by atoms with Crippen molar-refractivity contribution in [2.45, 2.75) is 89.9 Å². The van der Waals surface area contributed by atoms with Crippen molar-refractivity contribution >= 4 is 23.9 Å². The van der Waals surface area contributed by atoms with Gasteiger partial charge in [-0.05, 0) is 38.0 Å². The summed E-state index contributed by atoms with van der Waals surface area (Å²) in [5.74, 6) is -1.51. The van der Waals surface area contributed by atoms with Crippen molar-refractivity contribution < 1.29 is 33.4 Å². The number of methoxy groups -OCH3 is 2. The van der Waals surface area contributed by atoms with E-state index in [-0.39, 0.29) is 30.2 Å². The zero-order valence-electron chi connectivity index (χ0n) is 19.1. The zero-order valence-corrected chi connectivity index (χ0v) is 19.1. The molecule has 0 aromatic heterocycles. The lowest BCUT2D eigenvalue weighted by molar-refractivity contribution is -0.153. The highest BCUT2D eigenvalue weighted by atomic mass is 16.6. The Hall–Kier alpha value is -2.18. The first-order valence-corrected chi connectivity index (χ1v) is 11.5. The Morgan fingerprint density at radius 2 is 1.45 bits per heavy atom. The topological polar surface area (TPSA) is 96.0 Å². The van der Waals surface area contributed by atoms with E-state index in [2.05, 4.69) is 21.6 Å². The highest BCUT2D eigenvalue weighted by molar-refractivity contribution is 5.94. The number of rotatable bonds is 17. The Morgan fingerprint density at radius 1 is 0.903 bits per heavy atom. The molecule has 0 aliphatic carbocycles. The number of unbranched alkanes of at least 4 members (excludes halogenated alkanes) is 8. The molecule has 0 amide bonds. The number of esters is 4. The van der Waals surface area contributed by atoms with Gasteiger partial charge in [-0.25, -0.2) is 0 Å². The highest BCUT2D eigenvalue weighted by Gasteiger charge is 2.37. The van der Waals surface area contributed by atoms with Gasteiger partial charge in [0.2, 0.25) is 0 Å². The second-order valence-electron chi connectivity index (χ2n) is 8.11. The average molecular weight is 439 g/mol. The van der Waals surface area contributed by atoms with Crippen LogP contribution in [0.5, 0.6) is 0 Å². The maximum Gasteiger partial charge on any atom is 0.317 e. The number of hydrogen-bond donors (Lipinski definition) is 0. The molecule has 7 heteroatoms. The summed E-state index contributed by atoms with van der Waals surface area (Å²) in [5, 5.41) is 0. The molecule has 0 aromatic rings. The first kappa shape index (κ1) is 26.9. The van der Waals surface area contributed by atoms with Gasteiger partial charge >= 0.3 is 23.9 Å². The van der Waals surface area contributed by atoms with Crippen LogP contribution >= 0.6 is 0 Å². The van der Waals surface area contributed by atoms with Gasteiger partial charge in [0.1, 0.15) is 0 Å². The smallest absolute Gasteiger partial charge is 0.317 e. The van der Waals surface area contributed by atoms with Crippen molar-refractivity contribution in [3.05, 3.63) is 12.2 Å². The molecule has 1 heterocycles. The minimum absolute atomic E-state index is 0.0216. The van der Waals surface area contributed by atoms with E-state index in [4.69, 9.17) is 4.74 Å². The molecule has 1 aliphatic heterocycles. The maximum absolute atomic E-state index is 12.0. The lowest BCUT2D eigenvalue weighted by atomic mass is 9.86. The molecule has 0 radical (unpaired) electrons. The molecule has 1 saturated heterocycles. The summed E-state index contributed by atoms with van der Waals surface area (Å²) < 4.78 is 14.0. The second-order valence-corrected chi connectivity index (χ2v) is 8.11. The minimum Gasteiger partial charge on any atom is -0.469 e. The third kappa shape index (κ3) is 12.3. The fourth-order valence-electron chi connectivity index (χ4n) is 3.79. The van der Waals surface area contributed by atoms with Crippen LogP contribution in [0, 0.1) is 11.8 Å². The largest absolute Gasteiger partial charge is 0.469 e. The number of ether oxygens (including phenoxy) is 3. The molecular formula is C24H38O7. The molecule has 7 nitrogen and oxygen atoms in total. The lowest BCUT2D eigenvalue weighted by Gasteiger charge is -2.16. The second kappa shape index (κ2) is 16.5. The van der Waals surface area contributed by atoms with Crippen molar-refractivity contribution in [2.24, 2.45) is 11.8 Å². The standard InChI is InChI=1S/C24H38O7/c1-29-21(25)16-12-8-4-3-6-10-14-19(20-18-23(27)31-24(20)28)15-11-7-5-9-13-17-22(26)30-2/h10,14,19-20H,3-9,11-13,15-18H2,1-2H3/b14-10+. The molecule has 0 spiro atoms. The first-order valence-electron chi connectivity index (χ1n) is 11.5. The van der Waals surface area contributed by atoms with Crippen molar-refractivity contribution in [1.82, 2.24) is 0 Å². The molecule has 0 saturated carbocycles. The summed E-state index contributed by atoms with van der Waals surface area (Å²) in [4.78, 5) is 45.7. The quantitative estimate of drug-likeness (QED) is 0.107. The van der Waals surface area contributed by atoms with Crippen molar-refractivity contribution in [1.29, 1.82) is 0 Å². The summed E-state index contributed by atoms with van der Waals surface area (Å²) in [6.45, 7) is 0. The molecule has 1 fully saturated rings. The SMILES string of the molecule is COC(=O)CCCCCC/C=C/C(CCCCCCCC(=O)OC)C1CC(=O)OC1=O. The molecular weight excluding hydrogens is 400 g/mol. The summed E-state index contributed by atoms with van der Waals surface area (Å²) >= 11 is 0. The molecule has 176 valence electrons. The Bertz CT molecular complexity index is 597. The van der Waals surface area contributed by atoms with Gasteiger partial charge in [-0.1, -0.05) is 50.7 Å². The van der Waals surface area contributed by atoms with Gasteiger partial charge in [-0.2, -0.15) is 0 Å². The van der Waals surface area contributed by atoms with Gasteiger partial charge in [-0.15, -0.1) is 0 Å². The van der Waals surface area contributed by atoms with E-state index in [1.165, 1.54) is 14.2 Å². The van der Waals surface area contributed by atoms with Gasteiger partial charge < -0.3 is 14.2 Å². The number of carbonyl (C=O) groups is 4. The van der Waals surface area contributed by atoms with E-state index in [9.17, 15) is 19.2 Å². The van der Waals surface area contributed by atoms with Crippen LogP contribution in [0.25, 0.3) is 0 Å². The molecule has 31 heavy (non-hydrogen) atoms. The van der Waals surface area contributed by atoms with Gasteiger partial charge in [0.05, 0.1) is 26.6 Å². The molecule has 0 bridgehead atoms. The molecule has 0 aromatic carbocycles. The van der Waals surface area contributed by atoms with Gasteiger partial charge in [0.25, 0.3) is 0 Å². The van der Waals surface area contributed by atoms with Crippen LogP contribution in [0.15, 0.2) is 12.2 Å². The maximum atomic E-state index is 12.0. The van der Waals surface area contributed by atoms with Crippen LogP contribution in [-0.4, -0.2) is 38.1 Å². The van der Waals surface area contributed by atoms with Crippen LogP contribution in [0.4, 0.5) is 0 Å². The zero-order chi connectivity index (χ0) is 22.9. The number of cyclic esters (lactones) is 2. The van der Waals surface area contributed by atoms with E-state index in [0.29, 0.717) is 12.8 Å². The van der Waals surface area contributed by atoms with Crippen molar-refractivity contribution in [2.75, 3.05) is 14.2 Å². The van der Waals surface area contributed by atoms with E-state index >= 15 is 0 Å². The first-order chi connectivity index (χ1) is 15.0. The molecule has 2 atom stereocenters. The van der Waals surface area contributed by atoms with E-state index in [0.717, 1.165) is 70.6 Å². The summed E-state index contributed by atoms with van der Waals surface area (Å²) in [6.07, 6.45) is 15.8. The Balaban J connectivity index is 2.30. The van der Waals surface area contributed by atoms with Gasteiger partial charge in [-0.3, -0.25) is 19.2 Å². The molecule has 1 rings (SSSR count). The highest BCUT2D eigenvalue weighted by Crippen LogP contribution is 2.30. The van der Waals surface area contributed by atoms with E-state index < -0.39 is 11.9 Å². The Labute approximate surface area is 185 Å². The van der Waals surface area contributed by atoms with E-state index in [1.807, 2.05) is 0 Å². The Kier molecular flexibility index (Phi) is 14.3. The predicted molar refractivity (Wildman–Crippen MR) is 116 cm³/mol. The average Bonchev–Trinajstić information content (AvgIpc) is 3.10. The fourth-order valence-corrected chi connectivity index (χ4v) is 3.79. The molecule has 0 N–H and O–H groups in total. The van der Waals surface area contributed by atoms with Gasteiger partial charge in [0.15, 0.2) is 0 Å². The van der Waals surface area contributed by atoms with Crippen LogP contribution in [0.1, 0.15) is 89.9 Å². The number of allylic oxidation sites excluding steroid dienone is 2. The normalized spacial score (nSPS) is 17.0. The van der Waals surface area contributed by atoms with Crippen LogP contribution < -0.4 is 0 Å². The van der Waals surface area contributed by atoms with Crippen molar-refractivity contribution in [3.8, 4) is 0 Å². The van der Waals surface area contributed by atoms with Gasteiger partial charge in [0, 0.05) is 12.8 Å². The van der Waals surface area contributed by atoms with E-state index in [1.54, 1.807) is 0 Å². The van der Waals surface area contributed by atoms with Crippen molar-refractivity contribution in [3.63, 3.8) is 0 Å². The third-order valence-corrected chi connectivity index (χ3v) is 5.68. The fraction of sp³-hybridized carbons (Fsp3) is 0.750. The number of carbonyl (C=O) groups excluding carboxylic acids is 4. The predicted octanol–water partition coefficient (Wildman–Crippen LogP) is 4.67. The number of hydrogen-bond acceptors (Lipinski definition) is 7. The lowest BCUT2D eigenvalue weighted by Crippen LogP contribution is -2.18. The molecule has 1 aliphatic rings. The van der Waals surface area contributed by atoms with Crippen LogP contribution in [0.3, 0.4) is 0 Å². The van der Waals surface area contributed by atoms with Crippen LogP contribution in [-0.2, 0) is 33.4 Å². The monoisotopic (exact) mass is 438 g/mol. The Morgan fingerprint density at radius 3 is 2.00 bits per heavy atom. The van der Waals surface area contributed by atoms with Crippen LogP contribution in [0.2, 0.25) is 0 Å². The third-order valence-electron chi connectivity index (χ3n) is 5.68. The minimum atomic E-state index is -0.429. The summed E-state index contributed by atoms with van der Waals surface area (Å²) in [7, 11) is 2.81. The summed E-state index contributed by atoms with van der Waals surface area (Å²) in [6, 6.07) is 0. The molecule has 2 unspecified atom stereocenters. The summed E-state index contributed by atoms with van der Waals surface area (Å²) in [5.41, 5.74) is 0.